The molecule has 1 aliphatic rings. The van der Waals surface area contributed by atoms with Crippen LogP contribution in [0, 0.1) is 5.92 Å². The van der Waals surface area contributed by atoms with Crippen molar-refractivity contribution in [2.24, 2.45) is 5.92 Å². The molecule has 122 valence electrons. The lowest BCUT2D eigenvalue weighted by Gasteiger charge is -2.32. The minimum Gasteiger partial charge on any atom is -0.339 e. The van der Waals surface area contributed by atoms with Gasteiger partial charge in [0, 0.05) is 37.6 Å². The summed E-state index contributed by atoms with van der Waals surface area (Å²) in [5.74, 6) is 0.493. The molecule has 0 atom stereocenters. The number of amides is 1. The summed E-state index contributed by atoms with van der Waals surface area (Å²) in [4.78, 5) is 18.0. The first-order chi connectivity index (χ1) is 10.5. The van der Waals surface area contributed by atoms with Crippen LogP contribution in [0.2, 0.25) is 0 Å². The lowest BCUT2D eigenvalue weighted by molar-refractivity contribution is 0.0692. The summed E-state index contributed by atoms with van der Waals surface area (Å²) >= 11 is 0. The highest BCUT2D eigenvalue weighted by Crippen LogP contribution is 2.18. The van der Waals surface area contributed by atoms with Gasteiger partial charge in [0.2, 0.25) is 10.0 Å². The molecule has 1 amide bonds. The summed E-state index contributed by atoms with van der Waals surface area (Å²) in [6, 6.07) is 3.43. The topological polar surface area (TPSA) is 79.4 Å². The number of hydrogen-bond acceptors (Lipinski definition) is 4. The maximum Gasteiger partial charge on any atom is 0.253 e. The molecule has 1 aliphatic heterocycles. The van der Waals surface area contributed by atoms with Crippen molar-refractivity contribution in [3.63, 3.8) is 0 Å². The largest absolute Gasteiger partial charge is 0.339 e. The van der Waals surface area contributed by atoms with Crippen molar-refractivity contribution in [1.29, 1.82) is 0 Å². The number of hydrogen-bond donors (Lipinski definition) is 1. The number of nitrogens with one attached hydrogen (secondary N) is 1. The zero-order valence-electron chi connectivity index (χ0n) is 12.9. The number of pyridine rings is 1. The Labute approximate surface area is 132 Å². The number of likely N-dealkylation sites (tertiary alicyclic amines) is 1. The van der Waals surface area contributed by atoms with Crippen LogP contribution in [0.25, 0.3) is 0 Å². The molecule has 1 aromatic rings. The molecule has 0 unspecified atom stereocenters. The maximum atomic E-state index is 12.3. The summed E-state index contributed by atoms with van der Waals surface area (Å²) in [7, 11) is -3.14. The highest BCUT2D eigenvalue weighted by molar-refractivity contribution is 7.89. The molecule has 1 saturated heterocycles. The van der Waals surface area contributed by atoms with Crippen molar-refractivity contribution in [3.05, 3.63) is 30.1 Å². The Morgan fingerprint density at radius 2 is 1.95 bits per heavy atom. The lowest BCUT2D eigenvalue weighted by atomic mass is 9.97. The predicted molar refractivity (Wildman–Crippen MR) is 84.9 cm³/mol. The quantitative estimate of drug-likeness (QED) is 0.854. The van der Waals surface area contributed by atoms with E-state index >= 15 is 0 Å². The maximum absolute atomic E-state index is 12.3. The molecule has 0 aliphatic carbocycles. The summed E-state index contributed by atoms with van der Waals surface area (Å²) in [6.07, 6.45) is 5.50. The first kappa shape index (κ1) is 16.9. The lowest BCUT2D eigenvalue weighted by Crippen LogP contribution is -2.41. The van der Waals surface area contributed by atoms with Crippen molar-refractivity contribution < 1.29 is 13.2 Å². The van der Waals surface area contributed by atoms with Gasteiger partial charge in [-0.05, 0) is 37.3 Å². The van der Waals surface area contributed by atoms with E-state index < -0.39 is 10.0 Å². The minimum absolute atomic E-state index is 0.0208. The summed E-state index contributed by atoms with van der Waals surface area (Å²) in [5.41, 5.74) is 0.650. The average molecular weight is 325 g/mol. The second-order valence-corrected chi connectivity index (χ2v) is 7.57. The van der Waals surface area contributed by atoms with Crippen LogP contribution in [0.15, 0.2) is 24.5 Å². The second-order valence-electron chi connectivity index (χ2n) is 5.64. The van der Waals surface area contributed by atoms with Gasteiger partial charge in [-0.15, -0.1) is 0 Å². The molecule has 2 heterocycles. The van der Waals surface area contributed by atoms with Gasteiger partial charge in [0.25, 0.3) is 5.91 Å². The van der Waals surface area contributed by atoms with Crippen LogP contribution in [0.1, 0.15) is 36.5 Å². The van der Waals surface area contributed by atoms with Gasteiger partial charge < -0.3 is 4.90 Å². The summed E-state index contributed by atoms with van der Waals surface area (Å²) in [6.45, 7) is 3.66. The van der Waals surface area contributed by atoms with E-state index in [0.717, 1.165) is 12.8 Å². The van der Waals surface area contributed by atoms with Crippen molar-refractivity contribution >= 4 is 15.9 Å². The van der Waals surface area contributed by atoms with E-state index in [-0.39, 0.29) is 11.7 Å². The highest BCUT2D eigenvalue weighted by atomic mass is 32.2. The second kappa shape index (κ2) is 7.69. The molecule has 0 bridgehead atoms. The molecule has 0 saturated carbocycles. The molecular weight excluding hydrogens is 302 g/mol. The molecule has 7 heteroatoms. The van der Waals surface area contributed by atoms with Gasteiger partial charge in [0.05, 0.1) is 5.75 Å². The van der Waals surface area contributed by atoms with Gasteiger partial charge in [-0.1, -0.05) is 6.92 Å². The smallest absolute Gasteiger partial charge is 0.253 e. The number of aromatic nitrogens is 1. The fraction of sp³-hybridized carbons (Fsp3) is 0.600. The van der Waals surface area contributed by atoms with E-state index in [1.54, 1.807) is 24.5 Å². The van der Waals surface area contributed by atoms with Crippen molar-refractivity contribution in [2.45, 2.75) is 26.2 Å². The Kier molecular flexibility index (Phi) is 5.90. The van der Waals surface area contributed by atoms with E-state index in [2.05, 4.69) is 9.71 Å². The van der Waals surface area contributed by atoms with E-state index in [0.29, 0.717) is 37.5 Å². The normalized spacial score (nSPS) is 16.7. The Morgan fingerprint density at radius 3 is 2.55 bits per heavy atom. The molecule has 1 aromatic heterocycles. The number of carbonyl (C=O) groups is 1. The molecule has 0 aromatic carbocycles. The van der Waals surface area contributed by atoms with Crippen molar-refractivity contribution in [1.82, 2.24) is 14.6 Å². The Balaban J connectivity index is 1.80. The van der Waals surface area contributed by atoms with Crippen molar-refractivity contribution in [3.8, 4) is 0 Å². The third-order valence-electron chi connectivity index (χ3n) is 3.89. The first-order valence-corrected chi connectivity index (χ1v) is 9.33. The minimum atomic E-state index is -3.14. The highest BCUT2D eigenvalue weighted by Gasteiger charge is 2.24. The third-order valence-corrected chi connectivity index (χ3v) is 5.45. The fourth-order valence-electron chi connectivity index (χ4n) is 2.60. The van der Waals surface area contributed by atoms with Gasteiger partial charge in [0.15, 0.2) is 0 Å². The Morgan fingerprint density at radius 1 is 1.32 bits per heavy atom. The fourth-order valence-corrected chi connectivity index (χ4v) is 3.77. The zero-order chi connectivity index (χ0) is 16.0. The monoisotopic (exact) mass is 325 g/mol. The van der Waals surface area contributed by atoms with Crippen LogP contribution in [0.3, 0.4) is 0 Å². The molecule has 0 radical (unpaired) electrons. The van der Waals surface area contributed by atoms with Crippen LogP contribution in [-0.2, 0) is 10.0 Å². The van der Waals surface area contributed by atoms with Crippen LogP contribution in [0.5, 0.6) is 0 Å². The molecule has 0 spiro atoms. The average Bonchev–Trinajstić information content (AvgIpc) is 2.54. The van der Waals surface area contributed by atoms with Crippen LogP contribution < -0.4 is 4.72 Å². The number of rotatable bonds is 6. The van der Waals surface area contributed by atoms with Gasteiger partial charge in [-0.2, -0.15) is 0 Å². The molecular formula is C15H23N3O3S. The van der Waals surface area contributed by atoms with E-state index in [1.807, 2.05) is 11.8 Å². The molecule has 22 heavy (non-hydrogen) atoms. The van der Waals surface area contributed by atoms with E-state index in [1.165, 1.54) is 0 Å². The van der Waals surface area contributed by atoms with Crippen LogP contribution in [0.4, 0.5) is 0 Å². The molecule has 2 rings (SSSR count). The Hall–Kier alpha value is -1.47. The van der Waals surface area contributed by atoms with E-state index in [4.69, 9.17) is 0 Å². The predicted octanol–water partition coefficient (Wildman–Crippen LogP) is 1.26. The number of sulfonamides is 1. The van der Waals surface area contributed by atoms with Crippen LogP contribution >= 0.6 is 0 Å². The van der Waals surface area contributed by atoms with Gasteiger partial charge in [0.1, 0.15) is 0 Å². The molecule has 6 nitrogen and oxygen atoms in total. The van der Waals surface area contributed by atoms with Crippen LogP contribution in [-0.4, -0.2) is 49.6 Å². The number of piperidine rings is 1. The standard InChI is InChI=1S/C15H23N3O3S/c1-2-11-22(20,21)17-12-13-5-9-18(10-6-13)15(19)14-3-7-16-8-4-14/h3-4,7-8,13,17H,2,5-6,9-12H2,1H3. The number of nitrogens with zero attached hydrogens (tertiary/aromatic N) is 2. The molecule has 1 N–H and O–H groups in total. The summed E-state index contributed by atoms with van der Waals surface area (Å²) < 4.78 is 26.0. The molecule has 1 fully saturated rings. The van der Waals surface area contributed by atoms with Gasteiger partial charge >= 0.3 is 0 Å². The zero-order valence-corrected chi connectivity index (χ0v) is 13.7. The SMILES string of the molecule is CCCS(=O)(=O)NCC1CCN(C(=O)c2ccncc2)CC1. The van der Waals surface area contributed by atoms with Crippen molar-refractivity contribution in [2.75, 3.05) is 25.4 Å². The summed E-state index contributed by atoms with van der Waals surface area (Å²) in [5, 5.41) is 0. The number of carbonyl (C=O) groups excluding carboxylic acids is 1. The van der Waals surface area contributed by atoms with Gasteiger partial charge in [-0.3, -0.25) is 9.78 Å². The first-order valence-electron chi connectivity index (χ1n) is 7.68. The third kappa shape index (κ3) is 4.78. The van der Waals surface area contributed by atoms with E-state index in [9.17, 15) is 13.2 Å². The Bertz CT molecular complexity index is 581. The van der Waals surface area contributed by atoms with Gasteiger partial charge in [-0.25, -0.2) is 13.1 Å².